The number of nitrogens with zero attached hydrogens (tertiary/aromatic N) is 2. The Kier molecular flexibility index (Phi) is 5.34. The molecule has 7 heteroatoms. The first-order valence-corrected chi connectivity index (χ1v) is 10.9. The highest BCUT2D eigenvalue weighted by Crippen LogP contribution is 2.34. The molecule has 3 aromatic rings. The third-order valence-corrected chi connectivity index (χ3v) is 6.35. The van der Waals surface area contributed by atoms with E-state index in [1.165, 1.54) is 12.1 Å². The fourth-order valence-electron chi connectivity index (χ4n) is 4.45. The number of furan rings is 1. The zero-order valence-corrected chi connectivity index (χ0v) is 18.5. The number of anilines is 1. The summed E-state index contributed by atoms with van der Waals surface area (Å²) in [5.74, 6) is -0.256. The molecule has 33 heavy (non-hydrogen) atoms. The maximum Gasteiger partial charge on any atom is 0.256 e. The molecule has 6 nitrogen and oxygen atoms in total. The molecular weight excluding hydrogens is 421 g/mol. The standard InChI is InChI=1S/C26H24FN3O3/c1-29-9-8-20(14-29)30(2)26(32)17-5-3-4-16(10-17)18-11-21(33-15-18)13-23-22-12-19(27)6-7-24(22)28-25(23)31/h3-7,10-13,15,20H,8-9,14H2,1-2H3,(H,28,31). The van der Waals surface area contributed by atoms with Crippen molar-refractivity contribution in [3.05, 3.63) is 77.5 Å². The van der Waals surface area contributed by atoms with Crippen molar-refractivity contribution in [3.8, 4) is 11.1 Å². The highest BCUT2D eigenvalue weighted by molar-refractivity contribution is 6.34. The van der Waals surface area contributed by atoms with Gasteiger partial charge in [-0.1, -0.05) is 12.1 Å². The number of benzene rings is 2. The number of hydrogen-bond acceptors (Lipinski definition) is 4. The molecule has 0 bridgehead atoms. The fraction of sp³-hybridized carbons (Fsp3) is 0.231. The second kappa shape index (κ2) is 8.33. The summed E-state index contributed by atoms with van der Waals surface area (Å²) in [6.07, 6.45) is 4.16. The van der Waals surface area contributed by atoms with E-state index in [0.29, 0.717) is 28.1 Å². The van der Waals surface area contributed by atoms with Crippen LogP contribution in [0.4, 0.5) is 10.1 Å². The number of carbonyl (C=O) groups is 2. The van der Waals surface area contributed by atoms with Crippen LogP contribution in [0.2, 0.25) is 0 Å². The highest BCUT2D eigenvalue weighted by Gasteiger charge is 2.27. The molecule has 1 atom stereocenters. The average Bonchev–Trinajstić information content (AvgIpc) is 3.53. The molecule has 3 heterocycles. The first kappa shape index (κ1) is 21.2. The van der Waals surface area contributed by atoms with Crippen LogP contribution in [0.1, 0.15) is 28.1 Å². The Bertz CT molecular complexity index is 1280. The number of likely N-dealkylation sites (tertiary alicyclic amines) is 1. The molecular formula is C26H24FN3O3. The molecule has 1 unspecified atom stereocenters. The van der Waals surface area contributed by atoms with Crippen LogP contribution in [0.15, 0.2) is 59.2 Å². The Labute approximate surface area is 191 Å². The van der Waals surface area contributed by atoms with E-state index in [1.54, 1.807) is 24.5 Å². The Hall–Kier alpha value is -3.71. The molecule has 2 aliphatic rings. The Morgan fingerprint density at radius 1 is 1.21 bits per heavy atom. The molecule has 1 aromatic heterocycles. The van der Waals surface area contributed by atoms with Gasteiger partial charge in [-0.3, -0.25) is 9.59 Å². The van der Waals surface area contributed by atoms with Crippen LogP contribution >= 0.6 is 0 Å². The van der Waals surface area contributed by atoms with E-state index in [0.717, 1.165) is 30.6 Å². The van der Waals surface area contributed by atoms with E-state index in [-0.39, 0.29) is 17.9 Å². The van der Waals surface area contributed by atoms with Crippen molar-refractivity contribution in [1.82, 2.24) is 9.80 Å². The van der Waals surface area contributed by atoms with Crippen molar-refractivity contribution in [2.45, 2.75) is 12.5 Å². The smallest absolute Gasteiger partial charge is 0.256 e. The normalized spacial score (nSPS) is 19.1. The second-order valence-electron chi connectivity index (χ2n) is 8.64. The third kappa shape index (κ3) is 4.07. The maximum atomic E-state index is 13.7. The highest BCUT2D eigenvalue weighted by atomic mass is 19.1. The molecule has 0 radical (unpaired) electrons. The van der Waals surface area contributed by atoms with E-state index in [2.05, 4.69) is 17.3 Å². The summed E-state index contributed by atoms with van der Waals surface area (Å²) < 4.78 is 19.3. The van der Waals surface area contributed by atoms with Gasteiger partial charge in [0.05, 0.1) is 11.8 Å². The van der Waals surface area contributed by atoms with Gasteiger partial charge in [0, 0.05) is 42.0 Å². The largest absolute Gasteiger partial charge is 0.464 e. The number of carbonyl (C=O) groups excluding carboxylic acids is 2. The van der Waals surface area contributed by atoms with Crippen molar-refractivity contribution < 1.29 is 18.4 Å². The lowest BCUT2D eigenvalue weighted by molar-refractivity contribution is -0.110. The first-order valence-electron chi connectivity index (χ1n) is 10.9. The van der Waals surface area contributed by atoms with Gasteiger partial charge >= 0.3 is 0 Å². The van der Waals surface area contributed by atoms with Crippen LogP contribution in [0.3, 0.4) is 0 Å². The van der Waals surface area contributed by atoms with Gasteiger partial charge in [-0.05, 0) is 68.1 Å². The Balaban J connectivity index is 1.39. The first-order chi connectivity index (χ1) is 15.9. The van der Waals surface area contributed by atoms with Crippen molar-refractivity contribution >= 4 is 29.2 Å². The van der Waals surface area contributed by atoms with E-state index >= 15 is 0 Å². The molecule has 0 spiro atoms. The molecule has 1 saturated heterocycles. The minimum absolute atomic E-state index is 0.00996. The molecule has 2 aliphatic heterocycles. The molecule has 1 fully saturated rings. The summed E-state index contributed by atoms with van der Waals surface area (Å²) in [6.45, 7) is 1.87. The number of rotatable bonds is 4. The summed E-state index contributed by atoms with van der Waals surface area (Å²) in [6, 6.07) is 13.6. The topological polar surface area (TPSA) is 65.8 Å². The Morgan fingerprint density at radius 3 is 2.85 bits per heavy atom. The third-order valence-electron chi connectivity index (χ3n) is 6.35. The van der Waals surface area contributed by atoms with E-state index in [4.69, 9.17) is 4.42 Å². The van der Waals surface area contributed by atoms with Crippen LogP contribution in [-0.4, -0.2) is 54.8 Å². The molecule has 2 aromatic carbocycles. The molecule has 1 N–H and O–H groups in total. The number of halogens is 1. The summed E-state index contributed by atoms with van der Waals surface area (Å²) in [7, 11) is 3.92. The molecule has 0 aliphatic carbocycles. The zero-order chi connectivity index (χ0) is 23.1. The number of hydrogen-bond donors (Lipinski definition) is 1. The van der Waals surface area contributed by atoms with Gasteiger partial charge in [0.15, 0.2) is 0 Å². The van der Waals surface area contributed by atoms with Crippen LogP contribution in [-0.2, 0) is 4.79 Å². The van der Waals surface area contributed by atoms with E-state index < -0.39 is 5.82 Å². The van der Waals surface area contributed by atoms with Gasteiger partial charge in [0.25, 0.3) is 11.8 Å². The van der Waals surface area contributed by atoms with E-state index in [1.807, 2.05) is 36.2 Å². The molecule has 2 amide bonds. The molecule has 168 valence electrons. The Morgan fingerprint density at radius 2 is 2.06 bits per heavy atom. The second-order valence-corrected chi connectivity index (χ2v) is 8.64. The maximum absolute atomic E-state index is 13.7. The lowest BCUT2D eigenvalue weighted by Gasteiger charge is -2.24. The quantitative estimate of drug-likeness (QED) is 0.607. The lowest BCUT2D eigenvalue weighted by Crippen LogP contribution is -2.38. The predicted octanol–water partition coefficient (Wildman–Crippen LogP) is 4.35. The lowest BCUT2D eigenvalue weighted by atomic mass is 10.0. The van der Waals surface area contributed by atoms with Crippen LogP contribution in [0.25, 0.3) is 22.8 Å². The summed E-state index contributed by atoms with van der Waals surface area (Å²) >= 11 is 0. The number of amides is 2. The molecule has 0 saturated carbocycles. The van der Waals surface area contributed by atoms with Crippen LogP contribution in [0.5, 0.6) is 0 Å². The van der Waals surface area contributed by atoms with Gasteiger partial charge in [0.1, 0.15) is 11.6 Å². The predicted molar refractivity (Wildman–Crippen MR) is 125 cm³/mol. The van der Waals surface area contributed by atoms with Crippen molar-refractivity contribution in [2.24, 2.45) is 0 Å². The monoisotopic (exact) mass is 445 g/mol. The van der Waals surface area contributed by atoms with Crippen molar-refractivity contribution in [2.75, 3.05) is 32.5 Å². The zero-order valence-electron chi connectivity index (χ0n) is 18.5. The average molecular weight is 445 g/mol. The van der Waals surface area contributed by atoms with Crippen molar-refractivity contribution in [3.63, 3.8) is 0 Å². The van der Waals surface area contributed by atoms with Gasteiger partial charge in [-0.25, -0.2) is 4.39 Å². The van der Waals surface area contributed by atoms with Gasteiger partial charge in [0.2, 0.25) is 0 Å². The fourth-order valence-corrected chi connectivity index (χ4v) is 4.45. The number of fused-ring (bicyclic) bond motifs is 1. The van der Waals surface area contributed by atoms with Gasteiger partial charge in [-0.2, -0.15) is 0 Å². The van der Waals surface area contributed by atoms with Crippen LogP contribution in [0, 0.1) is 5.82 Å². The van der Waals surface area contributed by atoms with Gasteiger partial charge in [-0.15, -0.1) is 0 Å². The minimum atomic E-state index is -0.410. The van der Waals surface area contributed by atoms with E-state index in [9.17, 15) is 14.0 Å². The van der Waals surface area contributed by atoms with Gasteiger partial charge < -0.3 is 19.5 Å². The number of nitrogens with one attached hydrogen (secondary N) is 1. The summed E-state index contributed by atoms with van der Waals surface area (Å²) in [5.41, 5.74) is 3.67. The minimum Gasteiger partial charge on any atom is -0.464 e. The summed E-state index contributed by atoms with van der Waals surface area (Å²) in [4.78, 5) is 29.4. The SMILES string of the molecule is CN1CCC(N(C)C(=O)c2cccc(-c3coc(C=C4C(=O)Nc5ccc(F)cc54)c3)c2)C1. The summed E-state index contributed by atoms with van der Waals surface area (Å²) in [5, 5.41) is 2.73. The molecule has 5 rings (SSSR count). The van der Waals surface area contributed by atoms with Crippen molar-refractivity contribution in [1.29, 1.82) is 0 Å². The van der Waals surface area contributed by atoms with Crippen LogP contribution < -0.4 is 5.32 Å². The number of likely N-dealkylation sites (N-methyl/N-ethyl adjacent to an activating group) is 2.